The number of primary amides is 1. The molecule has 0 aliphatic rings. The fourth-order valence-corrected chi connectivity index (χ4v) is 2.92. The van der Waals surface area contributed by atoms with Gasteiger partial charge in [-0.1, -0.05) is 36.9 Å². The van der Waals surface area contributed by atoms with Crippen LogP contribution in [0.3, 0.4) is 0 Å². The van der Waals surface area contributed by atoms with Gasteiger partial charge in [0.25, 0.3) is 0 Å². The maximum Gasteiger partial charge on any atom is 0.234 e. The number of carbonyl (C=O) groups excluding carboxylic acids is 2. The third-order valence-electron chi connectivity index (χ3n) is 3.52. The summed E-state index contributed by atoms with van der Waals surface area (Å²) in [6, 6.07) is 7.74. The summed E-state index contributed by atoms with van der Waals surface area (Å²) in [4.78, 5) is 23.0. The van der Waals surface area contributed by atoms with E-state index in [1.165, 1.54) is 11.8 Å². The lowest BCUT2D eigenvalue weighted by atomic mass is 10.1. The van der Waals surface area contributed by atoms with Crippen LogP contribution in [0, 0.1) is 0 Å². The number of para-hydroxylation sites is 1. The molecule has 0 radical (unpaired) electrons. The van der Waals surface area contributed by atoms with Crippen molar-refractivity contribution in [2.45, 2.75) is 31.3 Å². The molecular weight excluding hydrogens is 326 g/mol. The number of hydrogen-bond acceptors (Lipinski definition) is 5. The third-order valence-corrected chi connectivity index (χ3v) is 4.55. The van der Waals surface area contributed by atoms with Gasteiger partial charge in [-0.25, -0.2) is 0 Å². The van der Waals surface area contributed by atoms with E-state index in [2.05, 4.69) is 15.5 Å². The second-order valence-electron chi connectivity index (χ2n) is 5.27. The molecule has 1 aromatic heterocycles. The molecule has 2 aromatic rings. The Morgan fingerprint density at radius 1 is 1.29 bits per heavy atom. The van der Waals surface area contributed by atoms with Gasteiger partial charge in [0.15, 0.2) is 5.16 Å². The SMILES string of the molecule is CCc1ccccc1NC(=O)CSc1nnc(CCC(N)=O)n1C. The number of nitrogens with zero attached hydrogens (tertiary/aromatic N) is 3. The van der Waals surface area contributed by atoms with Gasteiger partial charge in [0.1, 0.15) is 5.82 Å². The Balaban J connectivity index is 1.91. The summed E-state index contributed by atoms with van der Waals surface area (Å²) in [5.74, 6) is 0.441. The lowest BCUT2D eigenvalue weighted by molar-refractivity contribution is -0.118. The highest BCUT2D eigenvalue weighted by molar-refractivity contribution is 7.99. The second-order valence-corrected chi connectivity index (χ2v) is 6.21. The predicted octanol–water partition coefficient (Wildman–Crippen LogP) is 1.53. The summed E-state index contributed by atoms with van der Waals surface area (Å²) in [7, 11) is 1.81. The molecule has 0 bridgehead atoms. The van der Waals surface area contributed by atoms with Gasteiger partial charge in [-0.05, 0) is 18.1 Å². The molecule has 0 spiro atoms. The maximum atomic E-state index is 12.1. The maximum absolute atomic E-state index is 12.1. The van der Waals surface area contributed by atoms with Crippen molar-refractivity contribution in [1.82, 2.24) is 14.8 Å². The zero-order valence-corrected chi connectivity index (χ0v) is 14.6. The number of anilines is 1. The van der Waals surface area contributed by atoms with Crippen molar-refractivity contribution in [3.63, 3.8) is 0 Å². The minimum absolute atomic E-state index is 0.0948. The number of nitrogens with two attached hydrogens (primary N) is 1. The van der Waals surface area contributed by atoms with E-state index in [1.807, 2.05) is 38.2 Å². The minimum Gasteiger partial charge on any atom is -0.370 e. The van der Waals surface area contributed by atoms with E-state index >= 15 is 0 Å². The van der Waals surface area contributed by atoms with Crippen molar-refractivity contribution < 1.29 is 9.59 Å². The quantitative estimate of drug-likeness (QED) is 0.705. The number of aromatic nitrogens is 3. The first-order chi connectivity index (χ1) is 11.5. The number of rotatable bonds is 8. The number of nitrogens with one attached hydrogen (secondary N) is 1. The molecule has 1 aromatic carbocycles. The molecule has 3 N–H and O–H groups in total. The van der Waals surface area contributed by atoms with E-state index in [0.717, 1.165) is 17.7 Å². The van der Waals surface area contributed by atoms with Crippen LogP contribution in [0.1, 0.15) is 24.7 Å². The van der Waals surface area contributed by atoms with Crippen molar-refractivity contribution >= 4 is 29.3 Å². The molecule has 0 atom stereocenters. The smallest absolute Gasteiger partial charge is 0.234 e. The Labute approximate surface area is 145 Å². The average molecular weight is 347 g/mol. The molecule has 0 aliphatic carbocycles. The second kappa shape index (κ2) is 8.49. The van der Waals surface area contributed by atoms with Crippen LogP contribution in [-0.4, -0.2) is 32.3 Å². The van der Waals surface area contributed by atoms with Crippen LogP contribution in [0.2, 0.25) is 0 Å². The molecule has 7 nitrogen and oxygen atoms in total. The molecular formula is C16H21N5O2S. The first kappa shape index (κ1) is 18.0. The van der Waals surface area contributed by atoms with E-state index in [9.17, 15) is 9.59 Å². The molecule has 1 heterocycles. The Kier molecular flexibility index (Phi) is 6.36. The van der Waals surface area contributed by atoms with Crippen molar-refractivity contribution in [3.05, 3.63) is 35.7 Å². The molecule has 0 fully saturated rings. The van der Waals surface area contributed by atoms with Gasteiger partial charge in [-0.2, -0.15) is 0 Å². The molecule has 0 aliphatic heterocycles. The molecule has 0 unspecified atom stereocenters. The Morgan fingerprint density at radius 2 is 2.04 bits per heavy atom. The van der Waals surface area contributed by atoms with Gasteiger partial charge in [-0.15, -0.1) is 10.2 Å². The highest BCUT2D eigenvalue weighted by atomic mass is 32.2. The molecule has 2 amide bonds. The van der Waals surface area contributed by atoms with Crippen LogP contribution in [0.5, 0.6) is 0 Å². The van der Waals surface area contributed by atoms with Gasteiger partial charge < -0.3 is 15.6 Å². The zero-order chi connectivity index (χ0) is 17.5. The van der Waals surface area contributed by atoms with Crippen LogP contribution < -0.4 is 11.1 Å². The van der Waals surface area contributed by atoms with Crippen LogP contribution in [0.4, 0.5) is 5.69 Å². The molecule has 128 valence electrons. The molecule has 0 saturated heterocycles. The Morgan fingerprint density at radius 3 is 2.75 bits per heavy atom. The van der Waals surface area contributed by atoms with Gasteiger partial charge >= 0.3 is 0 Å². The lowest BCUT2D eigenvalue weighted by Gasteiger charge is -2.09. The third kappa shape index (κ3) is 4.82. The average Bonchev–Trinajstić information content (AvgIpc) is 2.91. The normalized spacial score (nSPS) is 10.6. The molecule has 0 saturated carbocycles. The molecule has 24 heavy (non-hydrogen) atoms. The monoisotopic (exact) mass is 347 g/mol. The first-order valence-electron chi connectivity index (χ1n) is 7.68. The summed E-state index contributed by atoms with van der Waals surface area (Å²) in [6.07, 6.45) is 1.52. The van der Waals surface area contributed by atoms with E-state index in [4.69, 9.17) is 5.73 Å². The fourth-order valence-electron chi connectivity index (χ4n) is 2.19. The lowest BCUT2D eigenvalue weighted by Crippen LogP contribution is -2.15. The summed E-state index contributed by atoms with van der Waals surface area (Å²) in [5, 5.41) is 11.6. The number of amides is 2. The summed E-state index contributed by atoms with van der Waals surface area (Å²) in [5.41, 5.74) is 7.08. The largest absolute Gasteiger partial charge is 0.370 e. The van der Waals surface area contributed by atoms with Crippen molar-refractivity contribution in [2.75, 3.05) is 11.1 Å². The van der Waals surface area contributed by atoms with Gasteiger partial charge in [0.05, 0.1) is 5.75 Å². The summed E-state index contributed by atoms with van der Waals surface area (Å²) < 4.78 is 1.78. The highest BCUT2D eigenvalue weighted by Crippen LogP contribution is 2.19. The molecule has 2 rings (SSSR count). The number of hydrogen-bond donors (Lipinski definition) is 2. The van der Waals surface area contributed by atoms with Crippen molar-refractivity contribution in [3.8, 4) is 0 Å². The Bertz CT molecular complexity index is 729. The van der Waals surface area contributed by atoms with Gasteiger partial charge in [-0.3, -0.25) is 9.59 Å². The summed E-state index contributed by atoms with van der Waals surface area (Å²) >= 11 is 1.30. The van der Waals surface area contributed by atoms with Crippen LogP contribution in [-0.2, 0) is 29.5 Å². The van der Waals surface area contributed by atoms with Crippen LogP contribution >= 0.6 is 11.8 Å². The summed E-state index contributed by atoms with van der Waals surface area (Å²) in [6.45, 7) is 2.05. The number of thioether (sulfide) groups is 1. The van der Waals surface area contributed by atoms with E-state index in [0.29, 0.717) is 17.4 Å². The standard InChI is InChI=1S/C16H21N5O2S/c1-3-11-6-4-5-7-12(11)18-15(23)10-24-16-20-19-14(21(16)2)9-8-13(17)22/h4-7H,3,8-10H2,1-2H3,(H2,17,22)(H,18,23). The highest BCUT2D eigenvalue weighted by Gasteiger charge is 2.12. The Hall–Kier alpha value is -2.35. The van der Waals surface area contributed by atoms with E-state index in [1.54, 1.807) is 4.57 Å². The number of carbonyl (C=O) groups is 2. The first-order valence-corrected chi connectivity index (χ1v) is 8.67. The van der Waals surface area contributed by atoms with Gasteiger partial charge in [0.2, 0.25) is 11.8 Å². The minimum atomic E-state index is -0.374. The number of aryl methyl sites for hydroxylation is 2. The van der Waals surface area contributed by atoms with Crippen LogP contribution in [0.15, 0.2) is 29.4 Å². The predicted molar refractivity (Wildman–Crippen MR) is 93.7 cm³/mol. The van der Waals surface area contributed by atoms with E-state index in [-0.39, 0.29) is 24.0 Å². The van der Waals surface area contributed by atoms with Crippen molar-refractivity contribution in [2.24, 2.45) is 12.8 Å². The zero-order valence-electron chi connectivity index (χ0n) is 13.8. The van der Waals surface area contributed by atoms with Gasteiger partial charge in [0, 0.05) is 25.6 Å². The fraction of sp³-hybridized carbons (Fsp3) is 0.375. The van der Waals surface area contributed by atoms with Crippen molar-refractivity contribution in [1.29, 1.82) is 0 Å². The molecule has 8 heteroatoms. The van der Waals surface area contributed by atoms with E-state index < -0.39 is 0 Å². The van der Waals surface area contributed by atoms with Crippen LogP contribution in [0.25, 0.3) is 0 Å². The number of benzene rings is 1. The topological polar surface area (TPSA) is 103 Å².